The Kier molecular flexibility index (Phi) is 6.07. The first-order valence-electron chi connectivity index (χ1n) is 4.06. The van der Waals surface area contributed by atoms with E-state index in [1.54, 1.807) is 0 Å². The molecule has 0 amide bonds. The molecule has 0 saturated heterocycles. The zero-order chi connectivity index (χ0) is 8.69. The second-order valence-electron chi connectivity index (χ2n) is 2.90. The van der Waals surface area contributed by atoms with Gasteiger partial charge in [0.15, 0.2) is 0 Å². The van der Waals surface area contributed by atoms with Crippen LogP contribution >= 0.6 is 0 Å². The van der Waals surface area contributed by atoms with E-state index >= 15 is 0 Å². The van der Waals surface area contributed by atoms with Gasteiger partial charge in [-0.1, -0.05) is 13.8 Å². The van der Waals surface area contributed by atoms with Gasteiger partial charge in [0.1, 0.15) is 5.78 Å². The maximum absolute atomic E-state index is 11.0. The first kappa shape index (κ1) is 10.6. The molecule has 0 bridgehead atoms. The van der Waals surface area contributed by atoms with Crippen LogP contribution in [0.25, 0.3) is 0 Å². The van der Waals surface area contributed by atoms with Gasteiger partial charge in [0.05, 0.1) is 6.54 Å². The Morgan fingerprint density at radius 2 is 2.00 bits per heavy atom. The van der Waals surface area contributed by atoms with Crippen molar-refractivity contribution in [1.29, 1.82) is 0 Å². The Morgan fingerprint density at radius 3 is 2.45 bits per heavy atom. The summed E-state index contributed by atoms with van der Waals surface area (Å²) in [5.74, 6) is 0.429. The number of carbonyl (C=O) groups is 1. The number of hydrogen-bond donors (Lipinski definition) is 2. The molecule has 3 heteroatoms. The standard InChI is InChI=1S/C8H18N2O/c1-7(2)8(11)6-10-5-4-9-3/h7,9-10H,4-6H2,1-3H3. The predicted octanol–water partition coefficient (Wildman–Crippen LogP) is 0.0205. The maximum atomic E-state index is 11.0. The lowest BCUT2D eigenvalue weighted by molar-refractivity contribution is -0.121. The first-order chi connectivity index (χ1) is 5.18. The lowest BCUT2D eigenvalue weighted by Gasteiger charge is -2.05. The van der Waals surface area contributed by atoms with Crippen LogP contribution in [0.3, 0.4) is 0 Å². The highest BCUT2D eigenvalue weighted by Gasteiger charge is 2.04. The largest absolute Gasteiger partial charge is 0.318 e. The Bertz CT molecular complexity index is 113. The highest BCUT2D eigenvalue weighted by Crippen LogP contribution is 1.91. The molecular weight excluding hydrogens is 140 g/mol. The molecule has 0 heterocycles. The Hall–Kier alpha value is -0.410. The summed E-state index contributed by atoms with van der Waals surface area (Å²) in [4.78, 5) is 11.0. The molecule has 0 aliphatic rings. The van der Waals surface area contributed by atoms with Gasteiger partial charge in [-0.2, -0.15) is 0 Å². The highest BCUT2D eigenvalue weighted by atomic mass is 16.1. The summed E-state index contributed by atoms with van der Waals surface area (Å²) in [5.41, 5.74) is 0. The quantitative estimate of drug-likeness (QED) is 0.535. The molecule has 0 rings (SSSR count). The van der Waals surface area contributed by atoms with Crippen molar-refractivity contribution < 1.29 is 4.79 Å². The smallest absolute Gasteiger partial charge is 0.149 e. The van der Waals surface area contributed by atoms with E-state index in [2.05, 4.69) is 10.6 Å². The van der Waals surface area contributed by atoms with E-state index in [0.717, 1.165) is 13.1 Å². The van der Waals surface area contributed by atoms with Crippen LogP contribution in [0.15, 0.2) is 0 Å². The molecule has 2 N–H and O–H groups in total. The SMILES string of the molecule is CNCCNCC(=O)C(C)C. The lowest BCUT2D eigenvalue weighted by atomic mass is 10.1. The Labute approximate surface area is 68.6 Å². The van der Waals surface area contributed by atoms with E-state index in [0.29, 0.717) is 6.54 Å². The predicted molar refractivity (Wildman–Crippen MR) is 46.6 cm³/mol. The zero-order valence-electron chi connectivity index (χ0n) is 7.61. The lowest BCUT2D eigenvalue weighted by Crippen LogP contribution is -2.31. The molecule has 0 radical (unpaired) electrons. The van der Waals surface area contributed by atoms with Crippen molar-refractivity contribution in [2.24, 2.45) is 5.92 Å². The fourth-order valence-corrected chi connectivity index (χ4v) is 0.629. The molecule has 11 heavy (non-hydrogen) atoms. The van der Waals surface area contributed by atoms with Crippen LogP contribution in [-0.2, 0) is 4.79 Å². The molecule has 0 unspecified atom stereocenters. The summed E-state index contributed by atoms with van der Waals surface area (Å²) in [5, 5.41) is 6.05. The van der Waals surface area contributed by atoms with Gasteiger partial charge in [0.25, 0.3) is 0 Å². The molecule has 3 nitrogen and oxygen atoms in total. The van der Waals surface area contributed by atoms with Gasteiger partial charge in [0.2, 0.25) is 0 Å². The third kappa shape index (κ3) is 6.01. The number of ketones is 1. The third-order valence-electron chi connectivity index (χ3n) is 1.49. The monoisotopic (exact) mass is 158 g/mol. The summed E-state index contributed by atoms with van der Waals surface area (Å²) < 4.78 is 0. The molecule has 0 aromatic rings. The average Bonchev–Trinajstić information content (AvgIpc) is 1.97. The van der Waals surface area contributed by atoms with E-state index < -0.39 is 0 Å². The van der Waals surface area contributed by atoms with E-state index in [1.165, 1.54) is 0 Å². The minimum absolute atomic E-state index is 0.150. The molecule has 66 valence electrons. The third-order valence-corrected chi connectivity index (χ3v) is 1.49. The summed E-state index contributed by atoms with van der Waals surface area (Å²) in [6.45, 7) is 6.10. The van der Waals surface area contributed by atoms with Gasteiger partial charge in [0, 0.05) is 19.0 Å². The normalized spacial score (nSPS) is 10.5. The molecule has 0 aliphatic carbocycles. The number of hydrogen-bond acceptors (Lipinski definition) is 3. The van der Waals surface area contributed by atoms with E-state index in [-0.39, 0.29) is 11.7 Å². The summed E-state index contributed by atoms with van der Waals surface area (Å²) in [7, 11) is 1.89. The molecule has 0 fully saturated rings. The molecule has 0 spiro atoms. The summed E-state index contributed by atoms with van der Waals surface area (Å²) >= 11 is 0. The first-order valence-corrected chi connectivity index (χ1v) is 4.06. The Balaban J connectivity index is 3.18. The summed E-state index contributed by atoms with van der Waals surface area (Å²) in [6, 6.07) is 0. The summed E-state index contributed by atoms with van der Waals surface area (Å²) in [6.07, 6.45) is 0. The fourth-order valence-electron chi connectivity index (χ4n) is 0.629. The van der Waals surface area contributed by atoms with Crippen molar-refractivity contribution in [1.82, 2.24) is 10.6 Å². The molecular formula is C8H18N2O. The van der Waals surface area contributed by atoms with Crippen molar-refractivity contribution >= 4 is 5.78 Å². The number of rotatable bonds is 6. The van der Waals surface area contributed by atoms with Crippen molar-refractivity contribution in [3.05, 3.63) is 0 Å². The van der Waals surface area contributed by atoms with E-state index in [4.69, 9.17) is 0 Å². The van der Waals surface area contributed by atoms with Crippen LogP contribution in [0.2, 0.25) is 0 Å². The van der Waals surface area contributed by atoms with Crippen molar-refractivity contribution in [2.75, 3.05) is 26.7 Å². The second-order valence-corrected chi connectivity index (χ2v) is 2.90. The molecule has 0 atom stereocenters. The highest BCUT2D eigenvalue weighted by molar-refractivity contribution is 5.82. The molecule has 0 aromatic carbocycles. The van der Waals surface area contributed by atoms with Gasteiger partial charge in [-0.15, -0.1) is 0 Å². The van der Waals surface area contributed by atoms with E-state index in [9.17, 15) is 4.79 Å². The van der Waals surface area contributed by atoms with Crippen LogP contribution in [0, 0.1) is 5.92 Å². The zero-order valence-corrected chi connectivity index (χ0v) is 7.61. The van der Waals surface area contributed by atoms with Crippen molar-refractivity contribution in [2.45, 2.75) is 13.8 Å². The van der Waals surface area contributed by atoms with Gasteiger partial charge in [-0.3, -0.25) is 4.79 Å². The van der Waals surface area contributed by atoms with Crippen LogP contribution in [0.1, 0.15) is 13.8 Å². The van der Waals surface area contributed by atoms with Crippen molar-refractivity contribution in [3.63, 3.8) is 0 Å². The molecule has 0 saturated carbocycles. The average molecular weight is 158 g/mol. The van der Waals surface area contributed by atoms with Gasteiger partial charge >= 0.3 is 0 Å². The van der Waals surface area contributed by atoms with Crippen LogP contribution in [0.5, 0.6) is 0 Å². The Morgan fingerprint density at radius 1 is 1.36 bits per heavy atom. The van der Waals surface area contributed by atoms with Gasteiger partial charge < -0.3 is 10.6 Å². The van der Waals surface area contributed by atoms with Crippen LogP contribution in [0.4, 0.5) is 0 Å². The molecule has 0 aromatic heterocycles. The topological polar surface area (TPSA) is 41.1 Å². The van der Waals surface area contributed by atoms with Gasteiger partial charge in [-0.25, -0.2) is 0 Å². The second kappa shape index (κ2) is 6.31. The molecule has 0 aliphatic heterocycles. The fraction of sp³-hybridized carbons (Fsp3) is 0.875. The maximum Gasteiger partial charge on any atom is 0.149 e. The van der Waals surface area contributed by atoms with Crippen LogP contribution < -0.4 is 10.6 Å². The van der Waals surface area contributed by atoms with Crippen LogP contribution in [-0.4, -0.2) is 32.5 Å². The number of Topliss-reactive ketones (excluding diaryl/α,β-unsaturated/α-hetero) is 1. The number of likely N-dealkylation sites (N-methyl/N-ethyl adjacent to an activating group) is 1. The van der Waals surface area contributed by atoms with Crippen molar-refractivity contribution in [3.8, 4) is 0 Å². The minimum atomic E-state index is 0.150. The minimum Gasteiger partial charge on any atom is -0.318 e. The van der Waals surface area contributed by atoms with Gasteiger partial charge in [-0.05, 0) is 7.05 Å². The number of nitrogens with one attached hydrogen (secondary N) is 2. The number of carbonyl (C=O) groups excluding carboxylic acids is 1. The van der Waals surface area contributed by atoms with E-state index in [1.807, 2.05) is 20.9 Å².